The summed E-state index contributed by atoms with van der Waals surface area (Å²) < 4.78 is 5.17. The third kappa shape index (κ3) is 3.97. The Labute approximate surface area is 116 Å². The fourth-order valence-corrected chi connectivity index (χ4v) is 3.20. The SMILES string of the molecule is COc1ccc(CC(C)(O)C2CCCCCC2)cc1. The van der Waals surface area contributed by atoms with Crippen molar-refractivity contribution in [3.05, 3.63) is 29.8 Å². The van der Waals surface area contributed by atoms with E-state index in [2.05, 4.69) is 12.1 Å². The van der Waals surface area contributed by atoms with Crippen LogP contribution in [0.15, 0.2) is 24.3 Å². The van der Waals surface area contributed by atoms with Crippen molar-refractivity contribution in [3.63, 3.8) is 0 Å². The first-order chi connectivity index (χ1) is 9.12. The van der Waals surface area contributed by atoms with E-state index in [4.69, 9.17) is 4.74 Å². The summed E-state index contributed by atoms with van der Waals surface area (Å²) in [6.07, 6.45) is 8.27. The lowest BCUT2D eigenvalue weighted by atomic mass is 9.79. The first kappa shape index (κ1) is 14.4. The van der Waals surface area contributed by atoms with E-state index in [1.807, 2.05) is 19.1 Å². The Hall–Kier alpha value is -1.02. The predicted molar refractivity (Wildman–Crippen MR) is 78.5 cm³/mol. The van der Waals surface area contributed by atoms with Gasteiger partial charge >= 0.3 is 0 Å². The Balaban J connectivity index is 2.01. The van der Waals surface area contributed by atoms with E-state index < -0.39 is 5.60 Å². The lowest BCUT2D eigenvalue weighted by molar-refractivity contribution is -0.00715. The van der Waals surface area contributed by atoms with Crippen LogP contribution in [0.25, 0.3) is 0 Å². The second kappa shape index (κ2) is 6.42. The highest BCUT2D eigenvalue weighted by Gasteiger charge is 2.32. The van der Waals surface area contributed by atoms with Gasteiger partial charge in [-0.2, -0.15) is 0 Å². The van der Waals surface area contributed by atoms with Gasteiger partial charge in [0.05, 0.1) is 12.7 Å². The molecule has 0 bridgehead atoms. The molecule has 19 heavy (non-hydrogen) atoms. The van der Waals surface area contributed by atoms with Crippen molar-refractivity contribution in [2.45, 2.75) is 57.5 Å². The molecule has 0 heterocycles. The molecule has 1 N–H and O–H groups in total. The van der Waals surface area contributed by atoms with Crippen LogP contribution in [0.4, 0.5) is 0 Å². The van der Waals surface area contributed by atoms with Gasteiger partial charge in [0.25, 0.3) is 0 Å². The van der Waals surface area contributed by atoms with Crippen LogP contribution in [-0.2, 0) is 6.42 Å². The molecule has 0 radical (unpaired) electrons. The molecule has 0 spiro atoms. The summed E-state index contributed by atoms with van der Waals surface area (Å²) in [6, 6.07) is 8.06. The van der Waals surface area contributed by atoms with E-state index in [1.165, 1.54) is 44.1 Å². The molecular weight excluding hydrogens is 236 g/mol. The standard InChI is InChI=1S/C17H26O2/c1-17(18,15-7-5-3-4-6-8-15)13-14-9-11-16(19-2)12-10-14/h9-12,15,18H,3-8,13H2,1-2H3. The van der Waals surface area contributed by atoms with Gasteiger partial charge in [-0.1, -0.05) is 37.8 Å². The van der Waals surface area contributed by atoms with Crippen LogP contribution in [0.3, 0.4) is 0 Å². The van der Waals surface area contributed by atoms with Crippen LogP contribution in [0.1, 0.15) is 51.0 Å². The van der Waals surface area contributed by atoms with Crippen molar-refractivity contribution in [2.24, 2.45) is 5.92 Å². The number of methoxy groups -OCH3 is 1. The molecule has 1 fully saturated rings. The molecule has 1 aliphatic rings. The van der Waals surface area contributed by atoms with E-state index in [9.17, 15) is 5.11 Å². The van der Waals surface area contributed by atoms with Crippen LogP contribution in [0, 0.1) is 5.92 Å². The summed E-state index contributed by atoms with van der Waals surface area (Å²) in [5.74, 6) is 1.31. The van der Waals surface area contributed by atoms with Crippen LogP contribution in [-0.4, -0.2) is 17.8 Å². The number of hydrogen-bond acceptors (Lipinski definition) is 2. The van der Waals surface area contributed by atoms with Crippen LogP contribution < -0.4 is 4.74 Å². The minimum atomic E-state index is -0.584. The summed E-state index contributed by atoms with van der Waals surface area (Å²) in [5, 5.41) is 10.8. The topological polar surface area (TPSA) is 29.5 Å². The Morgan fingerprint density at radius 1 is 1.11 bits per heavy atom. The number of rotatable bonds is 4. The molecule has 0 saturated heterocycles. The third-order valence-electron chi connectivity index (χ3n) is 4.46. The molecule has 0 amide bonds. The lowest BCUT2D eigenvalue weighted by Crippen LogP contribution is -2.36. The van der Waals surface area contributed by atoms with Gasteiger partial charge in [0.15, 0.2) is 0 Å². The summed E-state index contributed by atoms with van der Waals surface area (Å²) in [7, 11) is 1.68. The molecule has 1 atom stereocenters. The molecule has 0 aromatic heterocycles. The molecule has 1 saturated carbocycles. The maximum atomic E-state index is 10.8. The number of ether oxygens (including phenoxy) is 1. The second-order valence-corrected chi connectivity index (χ2v) is 6.07. The highest BCUT2D eigenvalue weighted by atomic mass is 16.5. The van der Waals surface area contributed by atoms with Crippen molar-refractivity contribution >= 4 is 0 Å². The molecule has 1 aliphatic carbocycles. The van der Waals surface area contributed by atoms with Crippen molar-refractivity contribution in [2.75, 3.05) is 7.11 Å². The van der Waals surface area contributed by atoms with Crippen LogP contribution in [0.2, 0.25) is 0 Å². The molecule has 2 heteroatoms. The Kier molecular flexibility index (Phi) is 4.87. The average molecular weight is 262 g/mol. The van der Waals surface area contributed by atoms with E-state index >= 15 is 0 Å². The fourth-order valence-electron chi connectivity index (χ4n) is 3.20. The van der Waals surface area contributed by atoms with Gasteiger partial charge in [-0.3, -0.25) is 0 Å². The lowest BCUT2D eigenvalue weighted by Gasteiger charge is -2.32. The van der Waals surface area contributed by atoms with Gasteiger partial charge in [0.2, 0.25) is 0 Å². The largest absolute Gasteiger partial charge is 0.497 e. The zero-order valence-corrected chi connectivity index (χ0v) is 12.2. The van der Waals surface area contributed by atoms with Gasteiger partial charge in [-0.25, -0.2) is 0 Å². The first-order valence-corrected chi connectivity index (χ1v) is 7.47. The van der Waals surface area contributed by atoms with Crippen LogP contribution >= 0.6 is 0 Å². The zero-order valence-electron chi connectivity index (χ0n) is 12.2. The number of hydrogen-bond donors (Lipinski definition) is 1. The smallest absolute Gasteiger partial charge is 0.118 e. The summed E-state index contributed by atoms with van der Waals surface area (Å²) >= 11 is 0. The van der Waals surface area contributed by atoms with Crippen molar-refractivity contribution < 1.29 is 9.84 Å². The molecule has 2 rings (SSSR count). The Morgan fingerprint density at radius 3 is 2.21 bits per heavy atom. The summed E-state index contributed by atoms with van der Waals surface area (Å²) in [5.41, 5.74) is 0.605. The first-order valence-electron chi connectivity index (χ1n) is 7.47. The van der Waals surface area contributed by atoms with Gasteiger partial charge in [-0.05, 0) is 43.4 Å². The van der Waals surface area contributed by atoms with Crippen molar-refractivity contribution in [3.8, 4) is 5.75 Å². The third-order valence-corrected chi connectivity index (χ3v) is 4.46. The highest BCUT2D eigenvalue weighted by molar-refractivity contribution is 5.28. The molecule has 2 nitrogen and oxygen atoms in total. The minimum absolute atomic E-state index is 0.442. The quantitative estimate of drug-likeness (QED) is 0.832. The second-order valence-electron chi connectivity index (χ2n) is 6.07. The molecule has 106 valence electrons. The van der Waals surface area contributed by atoms with E-state index in [-0.39, 0.29) is 0 Å². The van der Waals surface area contributed by atoms with Crippen LogP contribution in [0.5, 0.6) is 5.75 Å². The number of benzene rings is 1. The fraction of sp³-hybridized carbons (Fsp3) is 0.647. The molecule has 1 unspecified atom stereocenters. The summed E-state index contributed by atoms with van der Waals surface area (Å²) in [6.45, 7) is 2.01. The predicted octanol–water partition coefficient (Wildman–Crippen LogP) is 3.96. The maximum absolute atomic E-state index is 10.8. The average Bonchev–Trinajstić information content (AvgIpc) is 2.68. The monoisotopic (exact) mass is 262 g/mol. The summed E-state index contributed by atoms with van der Waals surface area (Å²) in [4.78, 5) is 0. The highest BCUT2D eigenvalue weighted by Crippen LogP contribution is 2.34. The van der Waals surface area contributed by atoms with Gasteiger partial charge in [0.1, 0.15) is 5.75 Å². The van der Waals surface area contributed by atoms with E-state index in [1.54, 1.807) is 7.11 Å². The van der Waals surface area contributed by atoms with Gasteiger partial charge < -0.3 is 9.84 Å². The molecular formula is C17H26O2. The van der Waals surface area contributed by atoms with Crippen molar-refractivity contribution in [1.29, 1.82) is 0 Å². The normalized spacial score (nSPS) is 20.6. The Bertz CT molecular complexity index is 373. The molecule has 1 aromatic carbocycles. The van der Waals surface area contributed by atoms with E-state index in [0.717, 1.165) is 12.2 Å². The minimum Gasteiger partial charge on any atom is -0.497 e. The maximum Gasteiger partial charge on any atom is 0.118 e. The van der Waals surface area contributed by atoms with E-state index in [0.29, 0.717) is 5.92 Å². The van der Waals surface area contributed by atoms with Gasteiger partial charge in [-0.15, -0.1) is 0 Å². The molecule has 0 aliphatic heterocycles. The Morgan fingerprint density at radius 2 is 1.68 bits per heavy atom. The van der Waals surface area contributed by atoms with Crippen molar-refractivity contribution in [1.82, 2.24) is 0 Å². The molecule has 1 aromatic rings. The number of aliphatic hydroxyl groups is 1. The zero-order chi connectivity index (χ0) is 13.7. The van der Waals surface area contributed by atoms with Gasteiger partial charge in [0, 0.05) is 6.42 Å².